The van der Waals surface area contributed by atoms with E-state index >= 15 is 0 Å². The largest absolute Gasteiger partial charge is 0.326 e. The number of rotatable bonds is 6. The lowest BCUT2D eigenvalue weighted by Crippen LogP contribution is -2.12. The van der Waals surface area contributed by atoms with Gasteiger partial charge in [-0.3, -0.25) is 4.79 Å². The molecule has 1 heterocycles. The number of hydrogen-bond donors (Lipinski definition) is 1. The van der Waals surface area contributed by atoms with E-state index < -0.39 is 0 Å². The number of aromatic nitrogens is 1. The van der Waals surface area contributed by atoms with Gasteiger partial charge < -0.3 is 5.32 Å². The van der Waals surface area contributed by atoms with E-state index in [1.807, 2.05) is 25.1 Å². The molecule has 0 aliphatic rings. The van der Waals surface area contributed by atoms with Crippen LogP contribution in [0.3, 0.4) is 0 Å². The second kappa shape index (κ2) is 7.53. The highest BCUT2D eigenvalue weighted by atomic mass is 32.1. The Bertz CT molecular complexity index is 826. The zero-order valence-electron chi connectivity index (χ0n) is 13.5. The molecular weight excluding hydrogens is 323 g/mol. The normalized spacial score (nSPS) is 10.9. The Labute approximate surface area is 144 Å². The van der Waals surface area contributed by atoms with Gasteiger partial charge in [-0.05, 0) is 56.0 Å². The van der Waals surface area contributed by atoms with E-state index in [9.17, 15) is 9.18 Å². The van der Waals surface area contributed by atoms with Crippen molar-refractivity contribution in [2.75, 3.05) is 5.32 Å². The average molecular weight is 342 g/mol. The Morgan fingerprint density at radius 3 is 2.88 bits per heavy atom. The highest BCUT2D eigenvalue weighted by molar-refractivity contribution is 7.18. The van der Waals surface area contributed by atoms with Crippen LogP contribution in [-0.4, -0.2) is 10.9 Å². The summed E-state index contributed by atoms with van der Waals surface area (Å²) in [6.45, 7) is 1.85. The number of halogens is 1. The number of para-hydroxylation sites is 1. The van der Waals surface area contributed by atoms with Gasteiger partial charge in [-0.15, -0.1) is 11.3 Å². The number of hydrogen-bond acceptors (Lipinski definition) is 3. The number of amides is 1. The van der Waals surface area contributed by atoms with Crippen LogP contribution in [0.2, 0.25) is 0 Å². The third-order valence-electron chi connectivity index (χ3n) is 3.86. The van der Waals surface area contributed by atoms with Gasteiger partial charge in [0.2, 0.25) is 5.91 Å². The molecule has 124 valence electrons. The Balaban J connectivity index is 1.46. The number of thiazole rings is 1. The van der Waals surface area contributed by atoms with E-state index in [2.05, 4.69) is 16.4 Å². The number of aryl methyl sites for hydroxylation is 2. The fourth-order valence-electron chi connectivity index (χ4n) is 2.53. The zero-order valence-corrected chi connectivity index (χ0v) is 14.3. The second-order valence-corrected chi connectivity index (χ2v) is 6.91. The molecule has 1 amide bonds. The molecule has 1 aromatic heterocycles. The highest BCUT2D eigenvalue weighted by Crippen LogP contribution is 2.23. The molecule has 2 aromatic carbocycles. The summed E-state index contributed by atoms with van der Waals surface area (Å²) in [6.07, 6.45) is 3.01. The molecule has 0 bridgehead atoms. The zero-order chi connectivity index (χ0) is 16.9. The third-order valence-corrected chi connectivity index (χ3v) is 4.95. The number of unbranched alkanes of at least 4 members (excludes halogenated alkanes) is 1. The van der Waals surface area contributed by atoms with E-state index in [0.717, 1.165) is 35.4 Å². The van der Waals surface area contributed by atoms with E-state index in [1.54, 1.807) is 17.4 Å². The van der Waals surface area contributed by atoms with E-state index in [1.165, 1.54) is 16.8 Å². The van der Waals surface area contributed by atoms with Crippen LogP contribution < -0.4 is 5.32 Å². The van der Waals surface area contributed by atoms with E-state index in [0.29, 0.717) is 12.1 Å². The summed E-state index contributed by atoms with van der Waals surface area (Å²) < 4.78 is 14.4. The lowest BCUT2D eigenvalue weighted by molar-refractivity contribution is -0.116. The van der Waals surface area contributed by atoms with Gasteiger partial charge in [0.1, 0.15) is 5.82 Å². The fraction of sp³-hybridized carbons (Fsp3) is 0.263. The number of benzene rings is 2. The molecule has 0 saturated carbocycles. The van der Waals surface area contributed by atoms with Crippen LogP contribution in [0.15, 0.2) is 42.5 Å². The van der Waals surface area contributed by atoms with Crippen molar-refractivity contribution in [1.29, 1.82) is 0 Å². The van der Waals surface area contributed by atoms with E-state index in [-0.39, 0.29) is 11.7 Å². The van der Waals surface area contributed by atoms with Gasteiger partial charge >= 0.3 is 0 Å². The van der Waals surface area contributed by atoms with Crippen molar-refractivity contribution < 1.29 is 9.18 Å². The first-order valence-electron chi connectivity index (χ1n) is 8.02. The molecule has 5 heteroatoms. The molecule has 3 aromatic rings. The van der Waals surface area contributed by atoms with Gasteiger partial charge in [0, 0.05) is 12.1 Å². The van der Waals surface area contributed by atoms with E-state index in [4.69, 9.17) is 0 Å². The number of carbonyl (C=O) groups excluding carboxylic acids is 1. The topological polar surface area (TPSA) is 42.0 Å². The van der Waals surface area contributed by atoms with Gasteiger partial charge in [0.25, 0.3) is 0 Å². The number of carbonyl (C=O) groups is 1. The summed E-state index contributed by atoms with van der Waals surface area (Å²) in [5.41, 5.74) is 2.45. The predicted molar refractivity (Wildman–Crippen MR) is 96.9 cm³/mol. The lowest BCUT2D eigenvalue weighted by atomic mass is 10.1. The Morgan fingerprint density at radius 1 is 1.21 bits per heavy atom. The number of anilines is 1. The maximum absolute atomic E-state index is 13.2. The standard InChI is InChI=1S/C19H19FN2OS/c1-13-10-11-14(20)12-16(13)21-18(23)8-4-5-9-19-22-15-6-2-3-7-17(15)24-19/h2-3,6-7,10-12H,4-5,8-9H2,1H3,(H,21,23). The smallest absolute Gasteiger partial charge is 0.224 e. The number of nitrogens with zero attached hydrogens (tertiary/aromatic N) is 1. The van der Waals surface area contributed by atoms with Crippen LogP contribution in [0.5, 0.6) is 0 Å². The molecule has 0 spiro atoms. The Morgan fingerprint density at radius 2 is 2.04 bits per heavy atom. The first-order chi connectivity index (χ1) is 11.6. The molecule has 0 unspecified atom stereocenters. The van der Waals surface area contributed by atoms with Crippen LogP contribution in [0.25, 0.3) is 10.2 Å². The van der Waals surface area contributed by atoms with Gasteiger partial charge in [0.05, 0.1) is 15.2 Å². The summed E-state index contributed by atoms with van der Waals surface area (Å²) in [5.74, 6) is -0.417. The molecule has 3 rings (SSSR count). The van der Waals surface area contributed by atoms with Crippen molar-refractivity contribution in [2.45, 2.75) is 32.6 Å². The minimum Gasteiger partial charge on any atom is -0.326 e. The van der Waals surface area contributed by atoms with Crippen molar-refractivity contribution in [3.8, 4) is 0 Å². The first kappa shape index (κ1) is 16.6. The molecule has 0 atom stereocenters. The minimum absolute atomic E-state index is 0.0759. The summed E-state index contributed by atoms with van der Waals surface area (Å²) in [5, 5.41) is 3.89. The molecule has 24 heavy (non-hydrogen) atoms. The van der Waals surface area contributed by atoms with Gasteiger partial charge in [0.15, 0.2) is 0 Å². The molecule has 0 aliphatic heterocycles. The molecule has 1 N–H and O–H groups in total. The van der Waals surface area contributed by atoms with Crippen LogP contribution in [0.1, 0.15) is 29.8 Å². The molecule has 0 saturated heterocycles. The van der Waals surface area contributed by atoms with Crippen LogP contribution in [-0.2, 0) is 11.2 Å². The van der Waals surface area contributed by atoms with Crippen LogP contribution in [0.4, 0.5) is 10.1 Å². The lowest BCUT2D eigenvalue weighted by Gasteiger charge is -2.08. The first-order valence-corrected chi connectivity index (χ1v) is 8.84. The average Bonchev–Trinajstić information content (AvgIpc) is 2.98. The Hall–Kier alpha value is -2.27. The second-order valence-electron chi connectivity index (χ2n) is 5.79. The quantitative estimate of drug-likeness (QED) is 0.634. The molecule has 0 radical (unpaired) electrons. The minimum atomic E-state index is -0.341. The van der Waals surface area contributed by atoms with Gasteiger partial charge in [-0.2, -0.15) is 0 Å². The predicted octanol–water partition coefficient (Wildman–Crippen LogP) is 5.10. The highest BCUT2D eigenvalue weighted by Gasteiger charge is 2.07. The Kier molecular flexibility index (Phi) is 5.20. The maximum Gasteiger partial charge on any atom is 0.224 e. The van der Waals surface area contributed by atoms with Crippen LogP contribution >= 0.6 is 11.3 Å². The molecule has 0 fully saturated rings. The maximum atomic E-state index is 13.2. The fourth-order valence-corrected chi connectivity index (χ4v) is 3.54. The van der Waals surface area contributed by atoms with Crippen molar-refractivity contribution in [2.24, 2.45) is 0 Å². The van der Waals surface area contributed by atoms with Crippen molar-refractivity contribution in [3.63, 3.8) is 0 Å². The summed E-state index contributed by atoms with van der Waals surface area (Å²) in [4.78, 5) is 16.6. The monoisotopic (exact) mass is 342 g/mol. The molecule has 0 aliphatic carbocycles. The van der Waals surface area contributed by atoms with Crippen LogP contribution in [0, 0.1) is 12.7 Å². The van der Waals surface area contributed by atoms with Gasteiger partial charge in [-0.1, -0.05) is 18.2 Å². The molecular formula is C19H19FN2OS. The molecule has 3 nitrogen and oxygen atoms in total. The summed E-state index contributed by atoms with van der Waals surface area (Å²) >= 11 is 1.71. The summed E-state index contributed by atoms with van der Waals surface area (Å²) in [7, 11) is 0. The van der Waals surface area contributed by atoms with Crippen molar-refractivity contribution >= 4 is 33.1 Å². The van der Waals surface area contributed by atoms with Gasteiger partial charge in [-0.25, -0.2) is 9.37 Å². The SMILES string of the molecule is Cc1ccc(F)cc1NC(=O)CCCCc1nc2ccccc2s1. The van der Waals surface area contributed by atoms with Crippen molar-refractivity contribution in [1.82, 2.24) is 4.98 Å². The third kappa shape index (κ3) is 4.17. The summed E-state index contributed by atoms with van der Waals surface area (Å²) in [6, 6.07) is 12.5. The van der Waals surface area contributed by atoms with Crippen molar-refractivity contribution in [3.05, 3.63) is 58.9 Å². The number of nitrogens with one attached hydrogen (secondary N) is 1. The number of fused-ring (bicyclic) bond motifs is 1.